The fraction of sp³-hybridized carbons (Fsp3) is 0.667. The Morgan fingerprint density at radius 1 is 1.41 bits per heavy atom. The van der Waals surface area contributed by atoms with Crippen molar-refractivity contribution in [3.63, 3.8) is 0 Å². The Kier molecular flexibility index (Phi) is 5.58. The highest BCUT2D eigenvalue weighted by molar-refractivity contribution is 6.29. The number of ether oxygens (including phenoxy) is 2. The van der Waals surface area contributed by atoms with E-state index in [1.165, 1.54) is 0 Å². The maximum absolute atomic E-state index is 12.1. The first-order valence-corrected chi connectivity index (χ1v) is 7.79. The molecule has 0 aliphatic carbocycles. The van der Waals surface area contributed by atoms with Crippen LogP contribution in [0.2, 0.25) is 5.15 Å². The number of likely N-dealkylation sites (tertiary alicyclic amines) is 1. The first kappa shape index (κ1) is 17.0. The molecule has 122 valence electrons. The van der Waals surface area contributed by atoms with Gasteiger partial charge in [0.15, 0.2) is 5.15 Å². The third-order valence-corrected chi connectivity index (χ3v) is 3.39. The standard InChI is InChI=1S/C15H22ClN3O3/c1-15(2,3)22-14(20)19-8-4-5-12(9-19)21-10-11-6-7-13(16)18-17-11/h6-7,12H,4-5,8-10H2,1-3H3. The van der Waals surface area contributed by atoms with Crippen molar-refractivity contribution in [2.45, 2.75) is 51.9 Å². The molecule has 1 saturated heterocycles. The van der Waals surface area contributed by atoms with Gasteiger partial charge in [-0.15, -0.1) is 5.10 Å². The summed E-state index contributed by atoms with van der Waals surface area (Å²) in [7, 11) is 0. The Morgan fingerprint density at radius 2 is 2.18 bits per heavy atom. The SMILES string of the molecule is CC(C)(C)OC(=O)N1CCCC(OCc2ccc(Cl)nn2)C1. The molecule has 1 fully saturated rings. The first-order valence-electron chi connectivity index (χ1n) is 7.41. The number of hydrogen-bond donors (Lipinski definition) is 0. The molecule has 1 aliphatic heterocycles. The number of carbonyl (C=O) groups excluding carboxylic acids is 1. The zero-order chi connectivity index (χ0) is 16.2. The minimum absolute atomic E-state index is 0.0150. The molecule has 1 atom stereocenters. The van der Waals surface area contributed by atoms with Crippen molar-refractivity contribution < 1.29 is 14.3 Å². The Balaban J connectivity index is 1.82. The number of aromatic nitrogens is 2. The van der Waals surface area contributed by atoms with Crippen LogP contribution in [0.1, 0.15) is 39.3 Å². The van der Waals surface area contributed by atoms with Crippen molar-refractivity contribution >= 4 is 17.7 Å². The van der Waals surface area contributed by atoms with Gasteiger partial charge in [0.05, 0.1) is 24.9 Å². The van der Waals surface area contributed by atoms with Gasteiger partial charge >= 0.3 is 6.09 Å². The number of nitrogens with zero attached hydrogens (tertiary/aromatic N) is 3. The number of rotatable bonds is 3. The molecule has 1 aromatic rings. The van der Waals surface area contributed by atoms with E-state index >= 15 is 0 Å². The van der Waals surface area contributed by atoms with Crippen LogP contribution in [0.5, 0.6) is 0 Å². The molecule has 2 rings (SSSR count). The second kappa shape index (κ2) is 7.24. The van der Waals surface area contributed by atoms with Crippen LogP contribution < -0.4 is 0 Å². The Labute approximate surface area is 135 Å². The summed E-state index contributed by atoms with van der Waals surface area (Å²) in [4.78, 5) is 13.8. The second-order valence-electron chi connectivity index (χ2n) is 6.35. The van der Waals surface area contributed by atoms with Gasteiger partial charge in [0, 0.05) is 6.54 Å². The molecule has 0 saturated carbocycles. The lowest BCUT2D eigenvalue weighted by atomic mass is 10.1. The van der Waals surface area contributed by atoms with Crippen molar-refractivity contribution in [1.29, 1.82) is 0 Å². The third-order valence-electron chi connectivity index (χ3n) is 3.18. The molecule has 7 heteroatoms. The zero-order valence-corrected chi connectivity index (χ0v) is 14.0. The molecule has 22 heavy (non-hydrogen) atoms. The van der Waals surface area contributed by atoms with Crippen molar-refractivity contribution in [3.8, 4) is 0 Å². The summed E-state index contributed by atoms with van der Waals surface area (Å²) in [6.07, 6.45) is 1.52. The molecule has 0 spiro atoms. The topological polar surface area (TPSA) is 64.5 Å². The van der Waals surface area contributed by atoms with Crippen LogP contribution in [0.3, 0.4) is 0 Å². The van der Waals surface area contributed by atoms with Crippen molar-refractivity contribution in [2.75, 3.05) is 13.1 Å². The Hall–Kier alpha value is -1.40. The summed E-state index contributed by atoms with van der Waals surface area (Å²) >= 11 is 5.69. The number of piperidine rings is 1. The van der Waals surface area contributed by atoms with Crippen molar-refractivity contribution in [1.82, 2.24) is 15.1 Å². The molecule has 0 N–H and O–H groups in total. The highest BCUT2D eigenvalue weighted by Gasteiger charge is 2.28. The molecule has 0 radical (unpaired) electrons. The van der Waals surface area contributed by atoms with Gasteiger partial charge < -0.3 is 14.4 Å². The summed E-state index contributed by atoms with van der Waals surface area (Å²) in [6, 6.07) is 3.46. The number of amides is 1. The van der Waals surface area contributed by atoms with Crippen LogP contribution in [0.25, 0.3) is 0 Å². The molecule has 1 aromatic heterocycles. The van der Waals surface area contributed by atoms with Crippen molar-refractivity contribution in [2.24, 2.45) is 0 Å². The van der Waals surface area contributed by atoms with E-state index in [-0.39, 0.29) is 12.2 Å². The molecule has 2 heterocycles. The lowest BCUT2D eigenvalue weighted by molar-refractivity contribution is -0.0267. The van der Waals surface area contributed by atoms with E-state index in [4.69, 9.17) is 21.1 Å². The van der Waals surface area contributed by atoms with Gasteiger partial charge in [-0.3, -0.25) is 0 Å². The van der Waals surface area contributed by atoms with E-state index in [2.05, 4.69) is 10.2 Å². The quantitative estimate of drug-likeness (QED) is 0.853. The lowest BCUT2D eigenvalue weighted by Crippen LogP contribution is -2.45. The smallest absolute Gasteiger partial charge is 0.410 e. The third kappa shape index (κ3) is 5.42. The highest BCUT2D eigenvalue weighted by Crippen LogP contribution is 2.18. The summed E-state index contributed by atoms with van der Waals surface area (Å²) < 4.78 is 11.2. The minimum atomic E-state index is -0.482. The zero-order valence-electron chi connectivity index (χ0n) is 13.2. The molecule has 1 unspecified atom stereocenters. The van der Waals surface area contributed by atoms with Crippen LogP contribution in [-0.2, 0) is 16.1 Å². The van der Waals surface area contributed by atoms with E-state index < -0.39 is 5.60 Å². The van der Waals surface area contributed by atoms with Crippen LogP contribution in [-0.4, -0.2) is 46.0 Å². The normalized spacial score (nSPS) is 19.1. The summed E-state index contributed by atoms with van der Waals surface area (Å²) in [5.74, 6) is 0. The Bertz CT molecular complexity index is 502. The van der Waals surface area contributed by atoms with Crippen LogP contribution in [0, 0.1) is 0 Å². The minimum Gasteiger partial charge on any atom is -0.444 e. The maximum atomic E-state index is 12.1. The van der Waals surface area contributed by atoms with Crippen LogP contribution in [0.4, 0.5) is 4.79 Å². The van der Waals surface area contributed by atoms with E-state index in [1.54, 1.807) is 17.0 Å². The van der Waals surface area contributed by atoms with E-state index in [1.807, 2.05) is 20.8 Å². The number of halogens is 1. The molecular weight excluding hydrogens is 306 g/mol. The van der Waals surface area contributed by atoms with Crippen molar-refractivity contribution in [3.05, 3.63) is 23.0 Å². The Morgan fingerprint density at radius 3 is 2.82 bits per heavy atom. The van der Waals surface area contributed by atoms with Gasteiger partial charge in [0.25, 0.3) is 0 Å². The molecular formula is C15H22ClN3O3. The molecule has 1 aliphatic rings. The van der Waals surface area contributed by atoms with E-state index in [9.17, 15) is 4.79 Å². The van der Waals surface area contributed by atoms with E-state index in [0.29, 0.717) is 24.8 Å². The predicted octanol–water partition coefficient (Wildman–Crippen LogP) is 3.05. The highest BCUT2D eigenvalue weighted by atomic mass is 35.5. The number of carbonyl (C=O) groups is 1. The summed E-state index contributed by atoms with van der Waals surface area (Å²) in [5.41, 5.74) is 0.239. The van der Waals surface area contributed by atoms with Gasteiger partial charge in [-0.25, -0.2) is 4.79 Å². The second-order valence-corrected chi connectivity index (χ2v) is 6.74. The fourth-order valence-electron chi connectivity index (χ4n) is 2.19. The largest absolute Gasteiger partial charge is 0.444 e. The van der Waals surface area contributed by atoms with Gasteiger partial charge in [-0.1, -0.05) is 11.6 Å². The van der Waals surface area contributed by atoms with Gasteiger partial charge in [-0.05, 0) is 45.7 Å². The predicted molar refractivity (Wildman–Crippen MR) is 82.7 cm³/mol. The van der Waals surface area contributed by atoms with Crippen LogP contribution >= 0.6 is 11.6 Å². The molecule has 0 bridgehead atoms. The molecule has 6 nitrogen and oxygen atoms in total. The molecule has 1 amide bonds. The number of hydrogen-bond acceptors (Lipinski definition) is 5. The average Bonchev–Trinajstić information content (AvgIpc) is 2.45. The average molecular weight is 328 g/mol. The first-order chi connectivity index (χ1) is 10.3. The van der Waals surface area contributed by atoms with E-state index in [0.717, 1.165) is 18.5 Å². The lowest BCUT2D eigenvalue weighted by Gasteiger charge is -2.33. The van der Waals surface area contributed by atoms with Crippen LogP contribution in [0.15, 0.2) is 12.1 Å². The van der Waals surface area contributed by atoms with Gasteiger partial charge in [0.1, 0.15) is 5.60 Å². The summed E-state index contributed by atoms with van der Waals surface area (Å²) in [6.45, 7) is 7.19. The van der Waals surface area contributed by atoms with Gasteiger partial charge in [0.2, 0.25) is 0 Å². The van der Waals surface area contributed by atoms with Gasteiger partial charge in [-0.2, -0.15) is 5.10 Å². The fourth-order valence-corrected chi connectivity index (χ4v) is 2.29. The molecule has 0 aromatic carbocycles. The monoisotopic (exact) mass is 327 g/mol. The maximum Gasteiger partial charge on any atom is 0.410 e. The summed E-state index contributed by atoms with van der Waals surface area (Å²) in [5, 5.41) is 8.09.